The van der Waals surface area contributed by atoms with Gasteiger partial charge >= 0.3 is 6.09 Å². The van der Waals surface area contributed by atoms with Gasteiger partial charge in [-0.15, -0.1) is 11.3 Å². The van der Waals surface area contributed by atoms with E-state index in [0.717, 1.165) is 8.66 Å². The molecule has 0 saturated heterocycles. The molecule has 1 aromatic rings. The van der Waals surface area contributed by atoms with Crippen LogP contribution >= 0.6 is 27.3 Å². The van der Waals surface area contributed by atoms with Gasteiger partial charge in [-0.05, 0) is 48.8 Å². The number of ether oxygens (including phenoxy) is 1. The summed E-state index contributed by atoms with van der Waals surface area (Å²) in [7, 11) is 0. The molecule has 0 aliphatic heterocycles. The maximum absolute atomic E-state index is 11.3. The minimum atomic E-state index is -0.382. The van der Waals surface area contributed by atoms with Crippen LogP contribution in [-0.2, 0) is 11.3 Å². The molecule has 0 spiro atoms. The summed E-state index contributed by atoms with van der Waals surface area (Å²) < 4.78 is 6.10. The summed E-state index contributed by atoms with van der Waals surface area (Å²) >= 11 is 4.91. The van der Waals surface area contributed by atoms with Gasteiger partial charge in [-0.25, -0.2) is 4.79 Å². The first kappa shape index (κ1) is 12.5. The number of nitrogens with one attached hydrogen (secondary N) is 1. The monoisotopic (exact) mass is 291 g/mol. The summed E-state index contributed by atoms with van der Waals surface area (Å²) in [5.74, 6) is 0. The molecule has 0 bridgehead atoms. The molecule has 84 valence electrons. The van der Waals surface area contributed by atoms with Crippen molar-refractivity contribution >= 4 is 33.4 Å². The van der Waals surface area contributed by atoms with E-state index in [2.05, 4.69) is 21.2 Å². The minimum absolute atomic E-state index is 0.257. The highest BCUT2D eigenvalue weighted by Crippen LogP contribution is 2.22. The van der Waals surface area contributed by atoms with Crippen molar-refractivity contribution < 1.29 is 9.53 Å². The molecule has 0 aromatic carbocycles. The summed E-state index contributed by atoms with van der Waals surface area (Å²) in [6.07, 6.45) is -0.382. The first-order valence-electron chi connectivity index (χ1n) is 4.56. The molecule has 1 amide bonds. The predicted molar refractivity (Wildman–Crippen MR) is 65.1 cm³/mol. The number of amides is 1. The second-order valence-corrected chi connectivity index (χ2v) is 6.70. The lowest BCUT2D eigenvalue weighted by Gasteiger charge is -2.19. The smallest absolute Gasteiger partial charge is 0.407 e. The third-order valence-electron chi connectivity index (χ3n) is 1.45. The molecule has 1 aromatic heterocycles. The van der Waals surface area contributed by atoms with Crippen LogP contribution in [0, 0.1) is 0 Å². The van der Waals surface area contributed by atoms with Crippen LogP contribution in [0.25, 0.3) is 0 Å². The van der Waals surface area contributed by atoms with Crippen molar-refractivity contribution in [3.63, 3.8) is 0 Å². The normalized spacial score (nSPS) is 11.2. The minimum Gasteiger partial charge on any atom is -0.444 e. The van der Waals surface area contributed by atoms with E-state index < -0.39 is 0 Å². The van der Waals surface area contributed by atoms with Crippen LogP contribution in [0.4, 0.5) is 4.79 Å². The Bertz CT molecular complexity index is 343. The highest BCUT2D eigenvalue weighted by atomic mass is 79.9. The molecular weight excluding hydrogens is 278 g/mol. The van der Waals surface area contributed by atoms with Crippen LogP contribution < -0.4 is 5.32 Å². The van der Waals surface area contributed by atoms with Crippen molar-refractivity contribution in [2.24, 2.45) is 0 Å². The van der Waals surface area contributed by atoms with Crippen molar-refractivity contribution in [3.05, 3.63) is 20.8 Å². The van der Waals surface area contributed by atoms with Crippen molar-refractivity contribution in [3.8, 4) is 0 Å². The number of alkyl carbamates (subject to hydrolysis) is 1. The Kier molecular flexibility index (Phi) is 4.16. The molecule has 0 fully saturated rings. The zero-order valence-electron chi connectivity index (χ0n) is 8.96. The summed E-state index contributed by atoms with van der Waals surface area (Å²) in [6.45, 7) is 6.06. The second-order valence-electron chi connectivity index (χ2n) is 4.16. The Morgan fingerprint density at radius 1 is 1.53 bits per heavy atom. The lowest BCUT2D eigenvalue weighted by Crippen LogP contribution is -2.40. The molecule has 0 radical (unpaired) electrons. The van der Waals surface area contributed by atoms with Gasteiger partial charge in [0.2, 0.25) is 0 Å². The first-order chi connectivity index (χ1) is 6.87. The van der Waals surface area contributed by atoms with Gasteiger partial charge in [0.25, 0.3) is 0 Å². The highest BCUT2D eigenvalue weighted by Gasteiger charge is 2.14. The number of halogens is 1. The predicted octanol–water partition coefficient (Wildman–Crippen LogP) is 3.54. The average molecular weight is 292 g/mol. The number of carbonyl (C=O) groups is 1. The van der Waals surface area contributed by atoms with Crippen molar-refractivity contribution in [2.45, 2.75) is 32.9 Å². The fraction of sp³-hybridized carbons (Fsp3) is 0.500. The van der Waals surface area contributed by atoms with Crippen LogP contribution in [0.1, 0.15) is 25.6 Å². The Morgan fingerprint density at radius 2 is 2.20 bits per heavy atom. The standard InChI is InChI=1S/C10H14BrNO2S/c1-10(2,3)12-9(13)14-6-7-4-5-8(11)15-7/h4-5H,6H2,1-3H3,(H,12,13). The Morgan fingerprint density at radius 3 is 2.67 bits per heavy atom. The van der Waals surface area contributed by atoms with E-state index in [0.29, 0.717) is 6.61 Å². The summed E-state index contributed by atoms with van der Waals surface area (Å²) in [4.78, 5) is 12.3. The van der Waals surface area contributed by atoms with Gasteiger partial charge in [-0.1, -0.05) is 0 Å². The van der Waals surface area contributed by atoms with Crippen LogP contribution in [-0.4, -0.2) is 11.6 Å². The van der Waals surface area contributed by atoms with E-state index in [1.54, 1.807) is 11.3 Å². The van der Waals surface area contributed by atoms with Gasteiger partial charge in [0.1, 0.15) is 6.61 Å². The second kappa shape index (κ2) is 4.99. The fourth-order valence-corrected chi connectivity index (χ4v) is 2.30. The molecule has 0 aliphatic rings. The summed E-state index contributed by atoms with van der Waals surface area (Å²) in [6, 6.07) is 3.87. The van der Waals surface area contributed by atoms with Gasteiger partial charge in [0.15, 0.2) is 0 Å². The third-order valence-corrected chi connectivity index (χ3v) is 3.05. The molecule has 1 N–H and O–H groups in total. The number of carbonyl (C=O) groups excluding carboxylic acids is 1. The van der Waals surface area contributed by atoms with E-state index in [-0.39, 0.29) is 11.6 Å². The van der Waals surface area contributed by atoms with Crippen molar-refractivity contribution in [2.75, 3.05) is 0 Å². The quantitative estimate of drug-likeness (QED) is 0.905. The maximum atomic E-state index is 11.3. The Balaban J connectivity index is 2.35. The zero-order chi connectivity index (χ0) is 11.5. The van der Waals surface area contributed by atoms with Crippen LogP contribution in [0.2, 0.25) is 0 Å². The van der Waals surface area contributed by atoms with Crippen LogP contribution in [0.3, 0.4) is 0 Å². The first-order valence-corrected chi connectivity index (χ1v) is 6.17. The summed E-state index contributed by atoms with van der Waals surface area (Å²) in [5, 5.41) is 2.73. The molecule has 1 rings (SSSR count). The number of thiophene rings is 1. The Labute approximate surface area is 102 Å². The average Bonchev–Trinajstić information content (AvgIpc) is 2.45. The number of rotatable bonds is 2. The highest BCUT2D eigenvalue weighted by molar-refractivity contribution is 9.11. The maximum Gasteiger partial charge on any atom is 0.407 e. The number of hydrogen-bond donors (Lipinski definition) is 1. The SMILES string of the molecule is CC(C)(C)NC(=O)OCc1ccc(Br)s1. The van der Waals surface area contributed by atoms with Gasteiger partial charge in [-0.2, -0.15) is 0 Å². The van der Waals surface area contributed by atoms with Crippen LogP contribution in [0.5, 0.6) is 0 Å². The fourth-order valence-electron chi connectivity index (χ4n) is 0.908. The van der Waals surface area contributed by atoms with Crippen LogP contribution in [0.15, 0.2) is 15.9 Å². The molecule has 5 heteroatoms. The van der Waals surface area contributed by atoms with E-state index in [4.69, 9.17) is 4.74 Å². The van der Waals surface area contributed by atoms with Gasteiger partial charge in [0.05, 0.1) is 3.79 Å². The lowest BCUT2D eigenvalue weighted by molar-refractivity contribution is 0.132. The van der Waals surface area contributed by atoms with Crippen molar-refractivity contribution in [1.82, 2.24) is 5.32 Å². The molecule has 0 saturated carbocycles. The molecule has 0 aliphatic carbocycles. The Hall–Kier alpha value is -0.550. The molecular formula is C10H14BrNO2S. The lowest BCUT2D eigenvalue weighted by atomic mass is 10.1. The van der Waals surface area contributed by atoms with Gasteiger partial charge in [0, 0.05) is 10.4 Å². The van der Waals surface area contributed by atoms with E-state index in [1.165, 1.54) is 0 Å². The topological polar surface area (TPSA) is 38.3 Å². The molecule has 1 heterocycles. The molecule has 15 heavy (non-hydrogen) atoms. The molecule has 0 unspecified atom stereocenters. The molecule has 0 atom stereocenters. The third kappa shape index (κ3) is 5.18. The van der Waals surface area contributed by atoms with E-state index in [9.17, 15) is 4.79 Å². The summed E-state index contributed by atoms with van der Waals surface area (Å²) in [5.41, 5.74) is -0.257. The van der Waals surface area contributed by atoms with E-state index >= 15 is 0 Å². The largest absolute Gasteiger partial charge is 0.444 e. The van der Waals surface area contributed by atoms with Gasteiger partial charge in [-0.3, -0.25) is 0 Å². The number of hydrogen-bond acceptors (Lipinski definition) is 3. The van der Waals surface area contributed by atoms with E-state index in [1.807, 2.05) is 32.9 Å². The van der Waals surface area contributed by atoms with Crippen molar-refractivity contribution in [1.29, 1.82) is 0 Å². The van der Waals surface area contributed by atoms with Gasteiger partial charge < -0.3 is 10.1 Å². The zero-order valence-corrected chi connectivity index (χ0v) is 11.4. The molecule has 3 nitrogen and oxygen atoms in total.